The molecule has 4 aromatic rings. The molecular weight excluding hydrogens is 510 g/mol. The summed E-state index contributed by atoms with van der Waals surface area (Å²) < 4.78 is 4.87. The van der Waals surface area contributed by atoms with Crippen LogP contribution in [0.5, 0.6) is 0 Å². The van der Waals surface area contributed by atoms with Crippen molar-refractivity contribution < 1.29 is 14.3 Å². The van der Waals surface area contributed by atoms with Gasteiger partial charge in [0.05, 0.1) is 19.2 Å². The molecule has 0 atom stereocenters. The number of methoxy groups -OCH3 is 1. The van der Waals surface area contributed by atoms with Crippen molar-refractivity contribution >= 4 is 23.3 Å². The second kappa shape index (κ2) is 12.8. The van der Waals surface area contributed by atoms with E-state index in [1.54, 1.807) is 12.3 Å². The number of anilines is 2. The largest absolute Gasteiger partial charge is 0.465 e. The Hall–Kier alpha value is -4.45. The van der Waals surface area contributed by atoms with Crippen molar-refractivity contribution in [1.29, 1.82) is 0 Å². The van der Waals surface area contributed by atoms with Gasteiger partial charge in [-0.05, 0) is 65.4 Å². The molecule has 1 aliphatic rings. The van der Waals surface area contributed by atoms with Crippen molar-refractivity contribution in [3.8, 4) is 22.3 Å². The van der Waals surface area contributed by atoms with Crippen LogP contribution < -0.4 is 9.80 Å². The summed E-state index contributed by atoms with van der Waals surface area (Å²) in [6.07, 6.45) is 8.47. The molecule has 1 heterocycles. The highest BCUT2D eigenvalue weighted by Gasteiger charge is 2.27. The average Bonchev–Trinajstić information content (AvgIpc) is 3.04. The number of benzene rings is 3. The maximum atomic E-state index is 14.0. The molecule has 6 heteroatoms. The summed E-state index contributed by atoms with van der Waals surface area (Å²) in [6, 6.07) is 26.7. The summed E-state index contributed by atoms with van der Waals surface area (Å²) in [5, 5.41) is 0. The van der Waals surface area contributed by atoms with E-state index in [9.17, 15) is 9.59 Å². The van der Waals surface area contributed by atoms with Gasteiger partial charge in [0.2, 0.25) is 5.91 Å². The lowest BCUT2D eigenvalue weighted by atomic mass is 9.88. The Balaban J connectivity index is 1.43. The number of aromatic nitrogens is 1. The van der Waals surface area contributed by atoms with Crippen molar-refractivity contribution in [2.45, 2.75) is 38.6 Å². The number of esters is 1. The molecule has 1 aromatic heterocycles. The number of pyridine rings is 1. The molecule has 210 valence electrons. The van der Waals surface area contributed by atoms with Crippen LogP contribution in [0.25, 0.3) is 22.3 Å². The molecule has 0 bridgehead atoms. The Morgan fingerprint density at radius 1 is 0.780 bits per heavy atom. The van der Waals surface area contributed by atoms with Crippen LogP contribution in [0.2, 0.25) is 0 Å². The fraction of sp³-hybridized carbons (Fsp3) is 0.286. The fourth-order valence-electron chi connectivity index (χ4n) is 5.48. The van der Waals surface area contributed by atoms with Crippen molar-refractivity contribution in [3.63, 3.8) is 0 Å². The molecular formula is C35H37N3O3. The molecule has 6 nitrogen and oxygen atoms in total. The molecule has 0 aliphatic heterocycles. The number of rotatable bonds is 8. The summed E-state index contributed by atoms with van der Waals surface area (Å²) in [4.78, 5) is 34.3. The van der Waals surface area contributed by atoms with Crippen molar-refractivity contribution in [3.05, 3.63) is 102 Å². The average molecular weight is 548 g/mol. The van der Waals surface area contributed by atoms with Gasteiger partial charge < -0.3 is 14.5 Å². The fourth-order valence-corrected chi connectivity index (χ4v) is 5.48. The summed E-state index contributed by atoms with van der Waals surface area (Å²) >= 11 is 0. The SMILES string of the molecule is COC(=O)c1cncc(-c2cccc(N(Cc3ccc(-c4ccc(N(C)C)cc4)cc3)C(=O)C3CCCCC3)c2)c1. The van der Waals surface area contributed by atoms with Crippen LogP contribution >= 0.6 is 0 Å². The van der Waals surface area contributed by atoms with Crippen LogP contribution in [0.1, 0.15) is 48.0 Å². The van der Waals surface area contributed by atoms with Crippen molar-refractivity contribution in [2.75, 3.05) is 31.0 Å². The van der Waals surface area contributed by atoms with E-state index in [2.05, 4.69) is 58.4 Å². The Bertz CT molecular complexity index is 1490. The molecule has 0 radical (unpaired) electrons. The zero-order valence-electron chi connectivity index (χ0n) is 24.0. The zero-order valence-corrected chi connectivity index (χ0v) is 24.0. The topological polar surface area (TPSA) is 62.7 Å². The van der Waals surface area contributed by atoms with Gasteiger partial charge in [0, 0.05) is 49.3 Å². The van der Waals surface area contributed by atoms with Crippen LogP contribution in [-0.4, -0.2) is 38.1 Å². The molecule has 1 amide bonds. The second-order valence-corrected chi connectivity index (χ2v) is 10.9. The van der Waals surface area contributed by atoms with Gasteiger partial charge in [0.1, 0.15) is 0 Å². The van der Waals surface area contributed by atoms with Crippen molar-refractivity contribution in [1.82, 2.24) is 4.98 Å². The number of ether oxygens (including phenoxy) is 1. The molecule has 5 rings (SSSR count). The maximum Gasteiger partial charge on any atom is 0.339 e. The van der Waals surface area contributed by atoms with Crippen LogP contribution in [0.4, 0.5) is 11.4 Å². The Labute approximate surface area is 242 Å². The number of carbonyl (C=O) groups is 2. The molecule has 0 saturated heterocycles. The predicted octanol–water partition coefficient (Wildman–Crippen LogP) is 7.38. The number of hydrogen-bond donors (Lipinski definition) is 0. The van der Waals surface area contributed by atoms with Crippen molar-refractivity contribution in [2.24, 2.45) is 5.92 Å². The quantitative estimate of drug-likeness (QED) is 0.215. The van der Waals surface area contributed by atoms with E-state index in [1.165, 1.54) is 19.7 Å². The lowest BCUT2D eigenvalue weighted by Crippen LogP contribution is -2.36. The molecule has 1 aliphatic carbocycles. The summed E-state index contributed by atoms with van der Waals surface area (Å²) in [6.45, 7) is 0.485. The maximum absolute atomic E-state index is 14.0. The number of nitrogens with zero attached hydrogens (tertiary/aromatic N) is 3. The monoisotopic (exact) mass is 547 g/mol. The first kappa shape index (κ1) is 28.1. The molecule has 3 aromatic carbocycles. The minimum atomic E-state index is -0.429. The van der Waals surface area contributed by atoms with Crippen LogP contribution in [-0.2, 0) is 16.1 Å². The highest BCUT2D eigenvalue weighted by Crippen LogP contribution is 2.32. The first-order chi connectivity index (χ1) is 19.9. The first-order valence-corrected chi connectivity index (χ1v) is 14.2. The number of amides is 1. The normalized spacial score (nSPS) is 13.4. The smallest absolute Gasteiger partial charge is 0.339 e. The van der Waals surface area contributed by atoms with Gasteiger partial charge in [-0.1, -0.05) is 67.8 Å². The van der Waals surface area contributed by atoms with Gasteiger partial charge in [0.15, 0.2) is 0 Å². The number of carbonyl (C=O) groups excluding carboxylic acids is 2. The number of hydrogen-bond acceptors (Lipinski definition) is 5. The van der Waals surface area contributed by atoms with E-state index < -0.39 is 5.97 Å². The van der Waals surface area contributed by atoms with Gasteiger partial charge in [0.25, 0.3) is 0 Å². The summed E-state index contributed by atoms with van der Waals surface area (Å²) in [5.41, 5.74) is 7.45. The third-order valence-corrected chi connectivity index (χ3v) is 7.88. The van der Waals surface area contributed by atoms with E-state index in [0.717, 1.165) is 64.9 Å². The minimum Gasteiger partial charge on any atom is -0.465 e. The Kier molecular flexibility index (Phi) is 8.78. The van der Waals surface area contributed by atoms with E-state index >= 15 is 0 Å². The van der Waals surface area contributed by atoms with E-state index in [0.29, 0.717) is 12.1 Å². The van der Waals surface area contributed by atoms with Crippen LogP contribution in [0, 0.1) is 5.92 Å². The molecule has 1 saturated carbocycles. The summed E-state index contributed by atoms with van der Waals surface area (Å²) in [7, 11) is 5.43. The van der Waals surface area contributed by atoms with E-state index in [-0.39, 0.29) is 11.8 Å². The van der Waals surface area contributed by atoms with Crippen LogP contribution in [0.3, 0.4) is 0 Å². The van der Waals surface area contributed by atoms with Crippen LogP contribution in [0.15, 0.2) is 91.3 Å². The molecule has 1 fully saturated rings. The van der Waals surface area contributed by atoms with Gasteiger partial charge in [-0.15, -0.1) is 0 Å². The lowest BCUT2D eigenvalue weighted by Gasteiger charge is -2.30. The molecule has 41 heavy (non-hydrogen) atoms. The first-order valence-electron chi connectivity index (χ1n) is 14.2. The van der Waals surface area contributed by atoms with Gasteiger partial charge in [-0.3, -0.25) is 9.78 Å². The zero-order chi connectivity index (χ0) is 28.8. The highest BCUT2D eigenvalue weighted by atomic mass is 16.5. The summed E-state index contributed by atoms with van der Waals surface area (Å²) in [5.74, 6) is -0.223. The minimum absolute atomic E-state index is 0.0335. The third kappa shape index (κ3) is 6.65. The second-order valence-electron chi connectivity index (χ2n) is 10.9. The Morgan fingerprint density at radius 3 is 2.12 bits per heavy atom. The standard InChI is InChI=1S/C35H37N3O3/c1-37(2)32-18-16-27(17-19-32)26-14-12-25(13-15-26)24-38(34(39)28-8-5-4-6-9-28)33-11-7-10-29(21-33)30-20-31(23-36-22-30)35(40)41-3/h7,10-23,28H,4-6,8-9,24H2,1-3H3. The van der Waals surface area contributed by atoms with Gasteiger partial charge in [-0.2, -0.15) is 0 Å². The predicted molar refractivity (Wildman–Crippen MR) is 165 cm³/mol. The van der Waals surface area contributed by atoms with Gasteiger partial charge in [-0.25, -0.2) is 4.79 Å². The molecule has 0 N–H and O–H groups in total. The van der Waals surface area contributed by atoms with E-state index in [4.69, 9.17) is 4.74 Å². The highest BCUT2D eigenvalue weighted by molar-refractivity contribution is 5.96. The Morgan fingerprint density at radius 2 is 1.46 bits per heavy atom. The lowest BCUT2D eigenvalue weighted by molar-refractivity contribution is -0.123. The molecule has 0 unspecified atom stereocenters. The molecule has 0 spiro atoms. The third-order valence-electron chi connectivity index (χ3n) is 7.88. The van der Waals surface area contributed by atoms with Gasteiger partial charge >= 0.3 is 5.97 Å². The van der Waals surface area contributed by atoms with E-state index in [1.807, 2.05) is 43.3 Å².